The lowest BCUT2D eigenvalue weighted by molar-refractivity contribution is 0.271. The topological polar surface area (TPSA) is 108 Å². The summed E-state index contributed by atoms with van der Waals surface area (Å²) in [5, 5.41) is 26.4. The number of imidazole rings is 1. The number of aliphatic hydroxyl groups excluding tert-OH is 1. The molecule has 0 aliphatic carbocycles. The molecule has 0 aliphatic rings. The highest BCUT2D eigenvalue weighted by Crippen LogP contribution is 2.25. The smallest absolute Gasteiger partial charge is 0.227 e. The Hall–Kier alpha value is -2.87. The van der Waals surface area contributed by atoms with Crippen LogP contribution in [0.2, 0.25) is 0 Å². The third kappa shape index (κ3) is 4.99. The second kappa shape index (κ2) is 10.2. The molecular formula is C22H32N6O2. The normalized spacial score (nSPS) is 12.3. The zero-order valence-electron chi connectivity index (χ0n) is 18.0. The molecule has 0 amide bonds. The number of benzene rings is 1. The van der Waals surface area contributed by atoms with Crippen LogP contribution in [0.25, 0.3) is 11.2 Å². The van der Waals surface area contributed by atoms with Crippen LogP contribution in [0, 0.1) is 6.92 Å². The number of phenols is 1. The van der Waals surface area contributed by atoms with Crippen molar-refractivity contribution in [3.05, 3.63) is 35.7 Å². The van der Waals surface area contributed by atoms with Crippen molar-refractivity contribution in [1.29, 1.82) is 0 Å². The molecule has 0 fully saturated rings. The van der Waals surface area contributed by atoms with Gasteiger partial charge < -0.3 is 25.4 Å². The van der Waals surface area contributed by atoms with E-state index in [9.17, 15) is 10.2 Å². The SMILES string of the molecule is CCCCCn1cnc2c(NCc3cccc(C)c3O)nc(NC(CC)CO)nc21. The number of rotatable bonds is 11. The van der Waals surface area contributed by atoms with Gasteiger partial charge in [0, 0.05) is 18.7 Å². The van der Waals surface area contributed by atoms with E-state index in [-0.39, 0.29) is 18.4 Å². The van der Waals surface area contributed by atoms with Gasteiger partial charge in [-0.3, -0.25) is 0 Å². The van der Waals surface area contributed by atoms with Gasteiger partial charge in [-0.25, -0.2) is 4.98 Å². The van der Waals surface area contributed by atoms with Crippen LogP contribution in [-0.4, -0.2) is 42.4 Å². The molecule has 30 heavy (non-hydrogen) atoms. The molecule has 0 bridgehead atoms. The fraction of sp³-hybridized carbons (Fsp3) is 0.500. The number of phenolic OH excluding ortho intramolecular Hbond substituents is 1. The van der Waals surface area contributed by atoms with Gasteiger partial charge in [-0.1, -0.05) is 44.9 Å². The Labute approximate surface area is 177 Å². The number of hydrogen-bond acceptors (Lipinski definition) is 7. The number of aliphatic hydroxyl groups is 1. The fourth-order valence-corrected chi connectivity index (χ4v) is 3.33. The number of fused-ring (bicyclic) bond motifs is 1. The Morgan fingerprint density at radius 2 is 2.00 bits per heavy atom. The maximum Gasteiger partial charge on any atom is 0.227 e. The van der Waals surface area contributed by atoms with E-state index in [0.29, 0.717) is 23.8 Å². The number of aromatic hydroxyl groups is 1. The van der Waals surface area contributed by atoms with E-state index >= 15 is 0 Å². The van der Waals surface area contributed by atoms with Crippen LogP contribution >= 0.6 is 0 Å². The van der Waals surface area contributed by atoms with Crippen molar-refractivity contribution in [2.75, 3.05) is 17.2 Å². The molecule has 0 radical (unpaired) electrons. The van der Waals surface area contributed by atoms with E-state index in [1.807, 2.05) is 36.6 Å². The number of aromatic nitrogens is 4. The first-order valence-corrected chi connectivity index (χ1v) is 10.7. The van der Waals surface area contributed by atoms with Gasteiger partial charge in [-0.15, -0.1) is 0 Å². The molecule has 1 aromatic carbocycles. The summed E-state index contributed by atoms with van der Waals surface area (Å²) in [6.07, 6.45) is 5.92. The second-order valence-electron chi connectivity index (χ2n) is 7.58. The number of aryl methyl sites for hydroxylation is 2. The molecule has 8 heteroatoms. The number of nitrogens with one attached hydrogen (secondary N) is 2. The van der Waals surface area contributed by atoms with Crippen LogP contribution in [0.15, 0.2) is 24.5 Å². The average molecular weight is 413 g/mol. The first-order chi connectivity index (χ1) is 14.6. The minimum atomic E-state index is -0.118. The van der Waals surface area contributed by atoms with Crippen LogP contribution in [-0.2, 0) is 13.1 Å². The minimum Gasteiger partial charge on any atom is -0.507 e. The molecule has 4 N–H and O–H groups in total. The van der Waals surface area contributed by atoms with Crippen LogP contribution in [0.1, 0.15) is 50.7 Å². The predicted octanol–water partition coefficient (Wildman–Crippen LogP) is 3.83. The molecule has 2 aromatic heterocycles. The summed E-state index contributed by atoms with van der Waals surface area (Å²) in [7, 11) is 0. The van der Waals surface area contributed by atoms with Crippen molar-refractivity contribution in [1.82, 2.24) is 19.5 Å². The molecular weight excluding hydrogens is 380 g/mol. The lowest BCUT2D eigenvalue weighted by Gasteiger charge is -2.16. The predicted molar refractivity (Wildman–Crippen MR) is 120 cm³/mol. The lowest BCUT2D eigenvalue weighted by atomic mass is 10.1. The zero-order chi connectivity index (χ0) is 21.5. The third-order valence-electron chi connectivity index (χ3n) is 5.28. The quantitative estimate of drug-likeness (QED) is 0.355. The fourth-order valence-electron chi connectivity index (χ4n) is 3.33. The standard InChI is InChI=1S/C22H32N6O2/c1-4-6-7-11-28-14-24-18-20(23-12-16-10-8-9-15(3)19(16)30)26-22(27-21(18)28)25-17(5-2)13-29/h8-10,14,17,29-30H,4-7,11-13H2,1-3H3,(H2,23,25,26,27). The Morgan fingerprint density at radius 3 is 2.73 bits per heavy atom. The van der Waals surface area contributed by atoms with Crippen LogP contribution in [0.3, 0.4) is 0 Å². The van der Waals surface area contributed by atoms with Gasteiger partial charge in [0.15, 0.2) is 17.0 Å². The summed E-state index contributed by atoms with van der Waals surface area (Å²) >= 11 is 0. The van der Waals surface area contributed by atoms with Gasteiger partial charge in [0.1, 0.15) is 5.75 Å². The number of nitrogens with zero attached hydrogens (tertiary/aromatic N) is 4. The van der Waals surface area contributed by atoms with E-state index in [0.717, 1.165) is 49.0 Å². The van der Waals surface area contributed by atoms with E-state index in [1.165, 1.54) is 0 Å². The highest BCUT2D eigenvalue weighted by Gasteiger charge is 2.16. The number of anilines is 2. The molecule has 1 atom stereocenters. The summed E-state index contributed by atoms with van der Waals surface area (Å²) in [5.41, 5.74) is 3.08. The Balaban J connectivity index is 1.92. The van der Waals surface area contributed by atoms with Crippen molar-refractivity contribution < 1.29 is 10.2 Å². The summed E-state index contributed by atoms with van der Waals surface area (Å²) < 4.78 is 2.05. The maximum absolute atomic E-state index is 10.3. The monoisotopic (exact) mass is 412 g/mol. The van der Waals surface area contributed by atoms with Crippen molar-refractivity contribution >= 4 is 22.9 Å². The molecule has 3 rings (SSSR count). The molecule has 0 saturated heterocycles. The minimum absolute atomic E-state index is 0.00753. The molecule has 3 aromatic rings. The van der Waals surface area contributed by atoms with E-state index in [2.05, 4.69) is 32.5 Å². The summed E-state index contributed by atoms with van der Waals surface area (Å²) in [4.78, 5) is 13.8. The van der Waals surface area contributed by atoms with Gasteiger partial charge in [-0.2, -0.15) is 9.97 Å². The van der Waals surface area contributed by atoms with Gasteiger partial charge >= 0.3 is 0 Å². The Bertz CT molecular complexity index is 968. The Morgan fingerprint density at radius 1 is 1.17 bits per heavy atom. The van der Waals surface area contributed by atoms with E-state index < -0.39 is 0 Å². The molecule has 2 heterocycles. The molecule has 1 unspecified atom stereocenters. The zero-order valence-corrected chi connectivity index (χ0v) is 18.0. The summed E-state index contributed by atoms with van der Waals surface area (Å²) in [6, 6.07) is 5.56. The average Bonchev–Trinajstić information content (AvgIpc) is 3.16. The first-order valence-electron chi connectivity index (χ1n) is 10.7. The first kappa shape index (κ1) is 21.8. The van der Waals surface area contributed by atoms with Gasteiger partial charge in [0.25, 0.3) is 0 Å². The molecule has 8 nitrogen and oxygen atoms in total. The van der Waals surface area contributed by atoms with Crippen LogP contribution in [0.5, 0.6) is 5.75 Å². The van der Waals surface area contributed by atoms with Gasteiger partial charge in [0.05, 0.1) is 19.0 Å². The second-order valence-corrected chi connectivity index (χ2v) is 7.58. The molecule has 0 aliphatic heterocycles. The highest BCUT2D eigenvalue weighted by atomic mass is 16.3. The number of para-hydroxylation sites is 1. The number of hydrogen-bond donors (Lipinski definition) is 4. The third-order valence-corrected chi connectivity index (χ3v) is 5.28. The van der Waals surface area contributed by atoms with Gasteiger partial charge in [0.2, 0.25) is 5.95 Å². The largest absolute Gasteiger partial charge is 0.507 e. The van der Waals surface area contributed by atoms with Crippen molar-refractivity contribution in [2.24, 2.45) is 0 Å². The Kier molecular flexibility index (Phi) is 7.46. The highest BCUT2D eigenvalue weighted by molar-refractivity contribution is 5.84. The summed E-state index contributed by atoms with van der Waals surface area (Å²) in [5.74, 6) is 1.34. The molecule has 0 saturated carbocycles. The van der Waals surface area contributed by atoms with Crippen molar-refractivity contribution in [3.63, 3.8) is 0 Å². The van der Waals surface area contributed by atoms with Crippen molar-refractivity contribution in [3.8, 4) is 5.75 Å². The van der Waals surface area contributed by atoms with E-state index in [1.54, 1.807) is 6.33 Å². The maximum atomic E-state index is 10.3. The molecule has 162 valence electrons. The summed E-state index contributed by atoms with van der Waals surface area (Å²) in [6.45, 7) is 7.32. The van der Waals surface area contributed by atoms with Crippen LogP contribution < -0.4 is 10.6 Å². The molecule has 0 spiro atoms. The number of unbranched alkanes of at least 4 members (excludes halogenated alkanes) is 2. The lowest BCUT2D eigenvalue weighted by Crippen LogP contribution is -2.24. The van der Waals surface area contributed by atoms with Gasteiger partial charge in [-0.05, 0) is 25.3 Å². The van der Waals surface area contributed by atoms with Crippen molar-refractivity contribution in [2.45, 2.75) is 65.6 Å². The van der Waals surface area contributed by atoms with E-state index in [4.69, 9.17) is 0 Å². The van der Waals surface area contributed by atoms with Crippen LogP contribution in [0.4, 0.5) is 11.8 Å².